The highest BCUT2D eigenvalue weighted by atomic mass is 35.5. The molecular weight excluding hydrogens is 757 g/mol. The zero-order valence-corrected chi connectivity index (χ0v) is 33.4. The highest BCUT2D eigenvalue weighted by molar-refractivity contribution is 6.35. The maximum Gasteiger partial charge on any atom is 0.165 e. The molecule has 8 aromatic rings. The zero-order valence-electron chi connectivity index (χ0n) is 32.6. The molecule has 2 aliphatic rings. The van der Waals surface area contributed by atoms with Crippen LogP contribution in [-0.2, 0) is 14.1 Å². The minimum absolute atomic E-state index is 0.119. The van der Waals surface area contributed by atoms with Crippen molar-refractivity contribution in [3.63, 3.8) is 0 Å². The quantitative estimate of drug-likeness (QED) is 0.190. The fraction of sp³-hybridized carbons (Fsp3) is 0.310. The van der Waals surface area contributed by atoms with E-state index in [1.807, 2.05) is 44.7 Å². The second-order valence-corrected chi connectivity index (χ2v) is 16.3. The first-order chi connectivity index (χ1) is 27.9. The Bertz CT molecular complexity index is 2930. The van der Waals surface area contributed by atoms with Crippen molar-refractivity contribution in [3.05, 3.63) is 83.8 Å². The Hall–Kier alpha value is -6.03. The predicted molar refractivity (Wildman–Crippen MR) is 225 cm³/mol. The fourth-order valence-electron chi connectivity index (χ4n) is 8.70. The van der Waals surface area contributed by atoms with E-state index in [0.29, 0.717) is 55.4 Å². The average molecular weight is 798 g/mol. The van der Waals surface area contributed by atoms with Gasteiger partial charge in [0.15, 0.2) is 22.9 Å². The summed E-state index contributed by atoms with van der Waals surface area (Å²) in [5.41, 5.74) is 6.50. The maximum atomic E-state index is 14.9. The number of nitrogens with zero attached hydrogens (tertiary/aromatic N) is 11. The van der Waals surface area contributed by atoms with E-state index in [0.717, 1.165) is 59.2 Å². The maximum absolute atomic E-state index is 14.9. The van der Waals surface area contributed by atoms with Crippen molar-refractivity contribution >= 4 is 66.8 Å². The van der Waals surface area contributed by atoms with Gasteiger partial charge in [-0.1, -0.05) is 11.6 Å². The van der Waals surface area contributed by atoms with Crippen LogP contribution in [0.4, 0.5) is 15.8 Å². The van der Waals surface area contributed by atoms with Crippen LogP contribution in [0.1, 0.15) is 19.4 Å². The van der Waals surface area contributed by atoms with Crippen molar-refractivity contribution in [1.82, 2.24) is 55.1 Å². The SMILES string of the molecule is Cc1c(O)c(-c2ncc3cc(N4C[C@@H](C)N[C@H](C5CN(c6cnc7nc(-c8cc(F)c9nn(C)cc9c8)cc(Cl)c7c6)CC(C)N5)C4)cnc3n2)cc2cn(C)nc12. The number of rotatable bonds is 5. The Balaban J connectivity index is 0.879. The first-order valence-electron chi connectivity index (χ1n) is 19.3. The molecule has 14 nitrogen and oxygen atoms in total. The van der Waals surface area contributed by atoms with Crippen LogP contribution in [0.5, 0.6) is 5.75 Å². The smallest absolute Gasteiger partial charge is 0.165 e. The number of piperazine rings is 2. The summed E-state index contributed by atoms with van der Waals surface area (Å²) in [7, 11) is 3.63. The van der Waals surface area contributed by atoms with Gasteiger partial charge in [-0.2, -0.15) is 10.2 Å². The van der Waals surface area contributed by atoms with Crippen LogP contribution in [-0.4, -0.2) is 99.9 Å². The molecule has 2 aliphatic heterocycles. The Kier molecular flexibility index (Phi) is 8.65. The van der Waals surface area contributed by atoms with Crippen molar-refractivity contribution < 1.29 is 9.50 Å². The third-order valence-corrected chi connectivity index (χ3v) is 11.7. The molecule has 58 heavy (non-hydrogen) atoms. The third kappa shape index (κ3) is 6.39. The second-order valence-electron chi connectivity index (χ2n) is 15.8. The molecule has 294 valence electrons. The first kappa shape index (κ1) is 36.3. The van der Waals surface area contributed by atoms with Gasteiger partial charge in [0.2, 0.25) is 0 Å². The van der Waals surface area contributed by atoms with Gasteiger partial charge in [-0.25, -0.2) is 29.3 Å². The van der Waals surface area contributed by atoms with E-state index < -0.39 is 5.82 Å². The lowest BCUT2D eigenvalue weighted by atomic mass is 9.98. The Morgan fingerprint density at radius 3 is 2.07 bits per heavy atom. The number of aromatic hydroxyl groups is 1. The molecule has 0 aliphatic carbocycles. The van der Waals surface area contributed by atoms with E-state index in [1.165, 1.54) is 6.07 Å². The summed E-state index contributed by atoms with van der Waals surface area (Å²) in [5, 5.41) is 31.1. The van der Waals surface area contributed by atoms with Gasteiger partial charge in [0.25, 0.3) is 0 Å². The van der Waals surface area contributed by atoms with Crippen molar-refractivity contribution in [1.29, 1.82) is 0 Å². The molecule has 2 aromatic carbocycles. The van der Waals surface area contributed by atoms with Crippen LogP contribution in [0.15, 0.2) is 67.4 Å². The van der Waals surface area contributed by atoms with Crippen LogP contribution in [0.3, 0.4) is 0 Å². The first-order valence-corrected chi connectivity index (χ1v) is 19.7. The van der Waals surface area contributed by atoms with Gasteiger partial charge in [-0.05, 0) is 57.2 Å². The standard InChI is InChI=1S/C42H41ClFN13O/c1-21-15-56(28-7-25-12-45-42(51-40(25)46-13-28)31-8-27-18-54(4)52-37(27)23(3)39(31)58)19-35(48-21)36-20-57(16-22(2)49-36)29-10-30-32(43)11-34(50-41(30)47-14-29)24-6-26-17-55(5)53-38(26)33(44)9-24/h6-14,17-18,21-22,35-36,48-49,58H,15-16,19-20H2,1-5H3/t21-,22?,35+,36?/m1/s1. The number of nitrogens with one attached hydrogen (secondary N) is 2. The van der Waals surface area contributed by atoms with Crippen LogP contribution < -0.4 is 20.4 Å². The molecule has 0 amide bonds. The molecule has 2 unspecified atom stereocenters. The Morgan fingerprint density at radius 1 is 0.724 bits per heavy atom. The summed E-state index contributed by atoms with van der Waals surface area (Å²) in [6.45, 7) is 9.41. The number of phenols is 1. The molecule has 3 N–H and O–H groups in total. The number of benzene rings is 2. The lowest BCUT2D eigenvalue weighted by molar-refractivity contribution is 0.272. The summed E-state index contributed by atoms with van der Waals surface area (Å²) in [4.78, 5) is 28.5. The van der Waals surface area contributed by atoms with E-state index in [-0.39, 0.29) is 29.9 Å². The largest absolute Gasteiger partial charge is 0.507 e. The number of aryl methyl sites for hydroxylation is 3. The van der Waals surface area contributed by atoms with Gasteiger partial charge in [-0.15, -0.1) is 0 Å². The highest BCUT2D eigenvalue weighted by Gasteiger charge is 2.35. The van der Waals surface area contributed by atoms with Gasteiger partial charge in [0.05, 0.1) is 45.6 Å². The molecule has 4 atom stereocenters. The van der Waals surface area contributed by atoms with Crippen molar-refractivity contribution in [2.45, 2.75) is 44.9 Å². The summed E-state index contributed by atoms with van der Waals surface area (Å²) < 4.78 is 18.3. The Morgan fingerprint density at radius 2 is 1.36 bits per heavy atom. The van der Waals surface area contributed by atoms with Gasteiger partial charge >= 0.3 is 0 Å². The van der Waals surface area contributed by atoms with Gasteiger partial charge < -0.3 is 25.5 Å². The highest BCUT2D eigenvalue weighted by Crippen LogP contribution is 2.36. The number of aromatic nitrogens is 9. The second kappa shape index (κ2) is 13.8. The molecule has 6 aromatic heterocycles. The monoisotopic (exact) mass is 797 g/mol. The molecule has 0 saturated carbocycles. The topological polar surface area (TPSA) is 151 Å². The summed E-state index contributed by atoms with van der Waals surface area (Å²) >= 11 is 6.90. The summed E-state index contributed by atoms with van der Waals surface area (Å²) in [6.07, 6.45) is 9.21. The molecule has 0 radical (unpaired) electrons. The summed E-state index contributed by atoms with van der Waals surface area (Å²) in [6, 6.07) is 11.8. The lowest BCUT2D eigenvalue weighted by Gasteiger charge is -2.47. The van der Waals surface area contributed by atoms with Crippen molar-refractivity contribution in [2.24, 2.45) is 14.1 Å². The van der Waals surface area contributed by atoms with Gasteiger partial charge in [-0.3, -0.25) is 9.36 Å². The van der Waals surface area contributed by atoms with E-state index in [1.54, 1.807) is 34.9 Å². The molecule has 0 spiro atoms. The van der Waals surface area contributed by atoms with Crippen LogP contribution in [0, 0.1) is 12.7 Å². The number of phenolic OH excluding ortho intramolecular Hbond substituents is 1. The van der Waals surface area contributed by atoms with Gasteiger partial charge in [0.1, 0.15) is 11.3 Å². The van der Waals surface area contributed by atoms with Crippen LogP contribution >= 0.6 is 11.6 Å². The Labute approximate surface area is 337 Å². The third-order valence-electron chi connectivity index (χ3n) is 11.4. The number of anilines is 2. The van der Waals surface area contributed by atoms with Crippen molar-refractivity contribution in [2.75, 3.05) is 36.0 Å². The minimum Gasteiger partial charge on any atom is -0.507 e. The fourth-order valence-corrected chi connectivity index (χ4v) is 8.94. The molecule has 10 rings (SSSR count). The minimum atomic E-state index is -0.409. The average Bonchev–Trinajstić information content (AvgIpc) is 3.79. The number of hydrogen-bond acceptors (Lipinski definition) is 12. The normalized spacial score (nSPS) is 20.3. The van der Waals surface area contributed by atoms with Crippen LogP contribution in [0.2, 0.25) is 5.02 Å². The molecule has 2 saturated heterocycles. The molecular formula is C42H41ClFN13O. The molecule has 0 bridgehead atoms. The van der Waals surface area contributed by atoms with E-state index in [2.05, 4.69) is 61.6 Å². The van der Waals surface area contributed by atoms with Crippen LogP contribution in [0.25, 0.3) is 66.5 Å². The number of fused-ring (bicyclic) bond motifs is 4. The zero-order chi connectivity index (χ0) is 40.0. The van der Waals surface area contributed by atoms with Crippen molar-refractivity contribution in [3.8, 4) is 28.4 Å². The number of halogens is 2. The molecule has 16 heteroatoms. The summed E-state index contributed by atoms with van der Waals surface area (Å²) in [5.74, 6) is 0.124. The molecule has 8 heterocycles. The van der Waals surface area contributed by atoms with E-state index in [4.69, 9.17) is 31.5 Å². The van der Waals surface area contributed by atoms with Gasteiger partial charge in [0, 0.05) is 116 Å². The lowest BCUT2D eigenvalue weighted by Crippen LogP contribution is -2.68. The van der Waals surface area contributed by atoms with E-state index in [9.17, 15) is 9.50 Å². The number of hydrogen-bond donors (Lipinski definition) is 3. The number of pyridine rings is 3. The molecule has 2 fully saturated rings. The predicted octanol–water partition coefficient (Wildman–Crippen LogP) is 5.92. The van der Waals surface area contributed by atoms with E-state index >= 15 is 0 Å².